The van der Waals surface area contributed by atoms with Crippen molar-refractivity contribution in [2.75, 3.05) is 33.9 Å². The molecule has 0 bridgehead atoms. The van der Waals surface area contributed by atoms with Crippen molar-refractivity contribution < 1.29 is 19.1 Å². The van der Waals surface area contributed by atoms with E-state index in [1.807, 2.05) is 0 Å². The Bertz CT molecular complexity index is 573. The SMILES string of the molecule is COCC(N)C(=O)N(C)CCN1C(=O)c2ccccc2C1=O.Cl. The van der Waals surface area contributed by atoms with Crippen molar-refractivity contribution in [2.24, 2.45) is 5.73 Å². The lowest BCUT2D eigenvalue weighted by Crippen LogP contribution is -2.47. The molecule has 1 aliphatic heterocycles. The number of carbonyl (C=O) groups excluding carboxylic acids is 3. The number of hydrogen-bond donors (Lipinski definition) is 1. The highest BCUT2D eigenvalue weighted by molar-refractivity contribution is 6.21. The molecule has 1 unspecified atom stereocenters. The van der Waals surface area contributed by atoms with Crippen molar-refractivity contribution in [3.63, 3.8) is 0 Å². The lowest BCUT2D eigenvalue weighted by atomic mass is 10.1. The lowest BCUT2D eigenvalue weighted by molar-refractivity contribution is -0.132. The van der Waals surface area contributed by atoms with Crippen LogP contribution in [0.15, 0.2) is 24.3 Å². The van der Waals surface area contributed by atoms with E-state index in [9.17, 15) is 14.4 Å². The first kappa shape index (κ1) is 19.1. The molecule has 126 valence electrons. The van der Waals surface area contributed by atoms with Gasteiger partial charge in [0.05, 0.1) is 17.7 Å². The molecule has 1 aromatic carbocycles. The van der Waals surface area contributed by atoms with Crippen molar-refractivity contribution in [1.82, 2.24) is 9.80 Å². The Hall–Kier alpha value is -1.96. The largest absolute Gasteiger partial charge is 0.383 e. The van der Waals surface area contributed by atoms with Crippen LogP contribution in [0.1, 0.15) is 20.7 Å². The Balaban J connectivity index is 0.00000264. The van der Waals surface area contributed by atoms with Crippen molar-refractivity contribution in [2.45, 2.75) is 6.04 Å². The van der Waals surface area contributed by atoms with Gasteiger partial charge in [0.1, 0.15) is 6.04 Å². The van der Waals surface area contributed by atoms with Crippen LogP contribution in [0.3, 0.4) is 0 Å². The summed E-state index contributed by atoms with van der Waals surface area (Å²) >= 11 is 0. The third-order valence-electron chi connectivity index (χ3n) is 3.58. The Morgan fingerprint density at radius 2 is 1.78 bits per heavy atom. The molecule has 7 nitrogen and oxygen atoms in total. The number of likely N-dealkylation sites (N-methyl/N-ethyl adjacent to an activating group) is 1. The number of hydrogen-bond acceptors (Lipinski definition) is 5. The van der Waals surface area contributed by atoms with Crippen LogP contribution in [0.4, 0.5) is 0 Å². The van der Waals surface area contributed by atoms with Crippen molar-refractivity contribution in [3.8, 4) is 0 Å². The quantitative estimate of drug-likeness (QED) is 0.743. The second-order valence-corrected chi connectivity index (χ2v) is 5.13. The first-order valence-corrected chi connectivity index (χ1v) is 6.92. The normalized spacial score (nSPS) is 14.3. The zero-order valence-electron chi connectivity index (χ0n) is 13.0. The van der Waals surface area contributed by atoms with Crippen molar-refractivity contribution in [3.05, 3.63) is 35.4 Å². The van der Waals surface area contributed by atoms with Gasteiger partial charge in [0.15, 0.2) is 0 Å². The molecule has 1 atom stereocenters. The van der Waals surface area contributed by atoms with Gasteiger partial charge in [0.2, 0.25) is 5.91 Å². The minimum atomic E-state index is -0.753. The molecule has 3 amide bonds. The number of imide groups is 1. The van der Waals surface area contributed by atoms with Gasteiger partial charge in [-0.15, -0.1) is 12.4 Å². The second-order valence-electron chi connectivity index (χ2n) is 5.13. The number of halogens is 1. The van der Waals surface area contributed by atoms with E-state index in [1.165, 1.54) is 12.0 Å². The summed E-state index contributed by atoms with van der Waals surface area (Å²) < 4.78 is 4.84. The zero-order valence-corrected chi connectivity index (χ0v) is 13.8. The first-order valence-electron chi connectivity index (χ1n) is 6.92. The highest BCUT2D eigenvalue weighted by atomic mass is 35.5. The number of rotatable bonds is 6. The van der Waals surface area contributed by atoms with Crippen molar-refractivity contribution in [1.29, 1.82) is 0 Å². The van der Waals surface area contributed by atoms with Crippen LogP contribution >= 0.6 is 12.4 Å². The predicted octanol–water partition coefficient (Wildman–Crippen LogP) is 0.137. The molecule has 2 rings (SSSR count). The summed E-state index contributed by atoms with van der Waals surface area (Å²) in [4.78, 5) is 38.9. The van der Waals surface area contributed by atoms with E-state index in [1.54, 1.807) is 31.3 Å². The maximum Gasteiger partial charge on any atom is 0.261 e. The van der Waals surface area contributed by atoms with Crippen LogP contribution in [0.2, 0.25) is 0 Å². The summed E-state index contributed by atoms with van der Waals surface area (Å²) in [5.74, 6) is -0.955. The summed E-state index contributed by atoms with van der Waals surface area (Å²) in [5.41, 5.74) is 6.47. The fraction of sp³-hybridized carbons (Fsp3) is 0.400. The van der Waals surface area contributed by atoms with Crippen LogP contribution in [0.25, 0.3) is 0 Å². The number of nitrogens with two attached hydrogens (primary N) is 1. The average Bonchev–Trinajstić information content (AvgIpc) is 2.76. The highest BCUT2D eigenvalue weighted by Crippen LogP contribution is 2.21. The standard InChI is InChI=1S/C15H19N3O4.ClH/c1-17(15(21)12(16)9-22-2)7-8-18-13(19)10-5-3-4-6-11(10)14(18)20;/h3-6,12H,7-9,16H2,1-2H3;1H. The van der Waals surface area contributed by atoms with Crippen molar-refractivity contribution >= 4 is 30.1 Å². The van der Waals surface area contributed by atoms with E-state index < -0.39 is 6.04 Å². The molecule has 1 aromatic rings. The molecule has 0 aromatic heterocycles. The molecular weight excluding hydrogens is 322 g/mol. The summed E-state index contributed by atoms with van der Waals surface area (Å²) in [6.07, 6.45) is 0. The van der Waals surface area contributed by atoms with Crippen LogP contribution < -0.4 is 5.73 Å². The molecular formula is C15H20ClN3O4. The number of benzene rings is 1. The van der Waals surface area contributed by atoms with Gasteiger partial charge in [0.25, 0.3) is 11.8 Å². The van der Waals surface area contributed by atoms with Gasteiger partial charge < -0.3 is 15.4 Å². The number of fused-ring (bicyclic) bond motifs is 1. The van der Waals surface area contributed by atoms with Crippen LogP contribution in [0.5, 0.6) is 0 Å². The van der Waals surface area contributed by atoms with E-state index in [0.717, 1.165) is 4.90 Å². The van der Waals surface area contributed by atoms with Gasteiger partial charge in [-0.2, -0.15) is 0 Å². The van der Waals surface area contributed by atoms with E-state index in [0.29, 0.717) is 11.1 Å². The number of methoxy groups -OCH3 is 1. The molecule has 0 radical (unpaired) electrons. The molecule has 1 heterocycles. The molecule has 0 saturated carbocycles. The summed E-state index contributed by atoms with van der Waals surface area (Å²) in [5, 5.41) is 0. The van der Waals surface area contributed by atoms with E-state index in [-0.39, 0.29) is 49.8 Å². The molecule has 2 N–H and O–H groups in total. The topological polar surface area (TPSA) is 92.9 Å². The minimum absolute atomic E-state index is 0. The number of amides is 3. The van der Waals surface area contributed by atoms with Gasteiger partial charge in [0, 0.05) is 27.2 Å². The number of carbonyl (C=O) groups is 3. The Morgan fingerprint density at radius 3 is 2.26 bits per heavy atom. The molecule has 0 aliphatic carbocycles. The smallest absolute Gasteiger partial charge is 0.261 e. The fourth-order valence-corrected chi connectivity index (χ4v) is 2.34. The van der Waals surface area contributed by atoms with Gasteiger partial charge in [-0.1, -0.05) is 12.1 Å². The monoisotopic (exact) mass is 341 g/mol. The van der Waals surface area contributed by atoms with Gasteiger partial charge >= 0.3 is 0 Å². The Morgan fingerprint density at radius 1 is 1.26 bits per heavy atom. The fourth-order valence-electron chi connectivity index (χ4n) is 2.34. The minimum Gasteiger partial charge on any atom is -0.383 e. The number of nitrogens with zero attached hydrogens (tertiary/aromatic N) is 2. The molecule has 8 heteroatoms. The first-order chi connectivity index (χ1) is 10.5. The number of ether oxygens (including phenoxy) is 1. The second kappa shape index (κ2) is 8.05. The summed E-state index contributed by atoms with van der Waals surface area (Å²) in [6, 6.07) is 5.93. The average molecular weight is 342 g/mol. The van der Waals surface area contributed by atoms with Crippen LogP contribution in [0, 0.1) is 0 Å². The van der Waals surface area contributed by atoms with Gasteiger partial charge in [-0.05, 0) is 12.1 Å². The van der Waals surface area contributed by atoms with Crippen LogP contribution in [-0.2, 0) is 9.53 Å². The molecule has 1 aliphatic rings. The maximum atomic E-state index is 12.2. The maximum absolute atomic E-state index is 12.2. The Labute approximate surface area is 140 Å². The zero-order chi connectivity index (χ0) is 16.3. The lowest BCUT2D eigenvalue weighted by Gasteiger charge is -2.23. The van der Waals surface area contributed by atoms with Gasteiger partial charge in [-0.25, -0.2) is 0 Å². The summed E-state index contributed by atoms with van der Waals surface area (Å²) in [6.45, 7) is 0.478. The summed E-state index contributed by atoms with van der Waals surface area (Å²) in [7, 11) is 3.04. The molecule has 0 fully saturated rings. The van der Waals surface area contributed by atoms with Gasteiger partial charge in [-0.3, -0.25) is 19.3 Å². The van der Waals surface area contributed by atoms with E-state index in [4.69, 9.17) is 10.5 Å². The van der Waals surface area contributed by atoms with Crippen LogP contribution in [-0.4, -0.2) is 67.4 Å². The Kier molecular flexibility index (Phi) is 6.68. The molecule has 0 spiro atoms. The van der Waals surface area contributed by atoms with E-state index in [2.05, 4.69) is 0 Å². The third-order valence-corrected chi connectivity index (χ3v) is 3.58. The predicted molar refractivity (Wildman–Crippen MR) is 86.5 cm³/mol. The molecule has 0 saturated heterocycles. The molecule has 23 heavy (non-hydrogen) atoms. The third kappa shape index (κ3) is 3.87. The van der Waals surface area contributed by atoms with E-state index >= 15 is 0 Å². The highest BCUT2D eigenvalue weighted by Gasteiger charge is 2.35.